The molecule has 2 aliphatic heterocycles. The number of rotatable bonds is 43. The van der Waals surface area contributed by atoms with E-state index in [1.54, 1.807) is 6.08 Å². The summed E-state index contributed by atoms with van der Waals surface area (Å²) in [7, 11) is 0. The molecule has 2 saturated heterocycles. The summed E-state index contributed by atoms with van der Waals surface area (Å²) in [6, 6.07) is -0.926. The summed E-state index contributed by atoms with van der Waals surface area (Å²) in [6.07, 6.45) is 44.5. The molecule has 12 atom stereocenters. The lowest BCUT2D eigenvalue weighted by Gasteiger charge is -2.46. The molecule has 0 aromatic heterocycles. The zero-order valence-electron chi connectivity index (χ0n) is 45.3. The van der Waals surface area contributed by atoms with Crippen LogP contribution in [0, 0.1) is 0 Å². The number of aliphatic hydroxyl groups is 8. The van der Waals surface area contributed by atoms with Crippen molar-refractivity contribution in [2.75, 3.05) is 19.8 Å². The Balaban J connectivity index is 1.72. The molecule has 12 unspecified atom stereocenters. The maximum absolute atomic E-state index is 13.2. The van der Waals surface area contributed by atoms with E-state index in [0.717, 1.165) is 109 Å². The van der Waals surface area contributed by atoms with Crippen LogP contribution in [0.2, 0.25) is 0 Å². The normalized spacial score (nSPS) is 26.0. The van der Waals surface area contributed by atoms with Crippen LogP contribution < -0.4 is 5.32 Å². The average Bonchev–Trinajstić information content (AvgIpc) is 3.40. The van der Waals surface area contributed by atoms with Gasteiger partial charge >= 0.3 is 0 Å². The molecule has 424 valence electrons. The van der Waals surface area contributed by atoms with Crippen molar-refractivity contribution >= 4 is 5.91 Å². The van der Waals surface area contributed by atoms with E-state index in [9.17, 15) is 45.6 Å². The minimum atomic E-state index is -1.79. The third kappa shape index (κ3) is 30.6. The monoisotopic (exact) mass is 1040 g/mol. The molecule has 0 spiro atoms. The molecule has 9 N–H and O–H groups in total. The van der Waals surface area contributed by atoms with Gasteiger partial charge in [0.25, 0.3) is 0 Å². The topological polar surface area (TPSA) is 228 Å². The van der Waals surface area contributed by atoms with E-state index in [4.69, 9.17) is 18.9 Å². The van der Waals surface area contributed by atoms with Crippen molar-refractivity contribution in [3.05, 3.63) is 97.2 Å². The Bertz CT molecular complexity index is 1610. The van der Waals surface area contributed by atoms with Crippen molar-refractivity contribution in [2.24, 2.45) is 0 Å². The first-order valence-electron chi connectivity index (χ1n) is 28.5. The molecule has 0 aromatic rings. The second kappa shape index (κ2) is 45.0. The predicted molar refractivity (Wildman–Crippen MR) is 295 cm³/mol. The number of aliphatic hydroxyl groups excluding tert-OH is 8. The maximum Gasteiger partial charge on any atom is 0.220 e. The van der Waals surface area contributed by atoms with Gasteiger partial charge in [0.05, 0.1) is 32.0 Å². The van der Waals surface area contributed by atoms with Gasteiger partial charge in [-0.05, 0) is 77.0 Å². The summed E-state index contributed by atoms with van der Waals surface area (Å²) >= 11 is 0. The van der Waals surface area contributed by atoms with Gasteiger partial charge in [0, 0.05) is 6.42 Å². The Labute approximate surface area is 445 Å². The van der Waals surface area contributed by atoms with Crippen LogP contribution in [0.25, 0.3) is 0 Å². The van der Waals surface area contributed by atoms with E-state index in [0.29, 0.717) is 6.42 Å². The number of unbranched alkanes of at least 4 members (excludes halogenated alkanes) is 16. The van der Waals surface area contributed by atoms with Crippen LogP contribution in [-0.4, -0.2) is 140 Å². The molecular formula is C60H101NO13. The summed E-state index contributed by atoms with van der Waals surface area (Å²) in [5.74, 6) is -0.257. The van der Waals surface area contributed by atoms with Crippen LogP contribution >= 0.6 is 0 Å². The van der Waals surface area contributed by atoms with Crippen LogP contribution in [0.1, 0.15) is 181 Å². The molecule has 0 aliphatic carbocycles. The number of ether oxygens (including phenoxy) is 4. The SMILES string of the molecule is CC/C=C\C/C=C\C/C=C\C/C=C\C/C=C\C/C=C\C/C=C\CCCCCCCCCC(=O)NC(COC1OC(CO)C(OC2OC(CO)C(O)C(O)C2O)C(O)C1O)C(O)/C=C/CCCCCCCCCCC. The number of hydrogen-bond donors (Lipinski definition) is 9. The van der Waals surface area contributed by atoms with Crippen LogP contribution in [0.5, 0.6) is 0 Å². The molecule has 2 aliphatic rings. The first-order valence-corrected chi connectivity index (χ1v) is 28.5. The lowest BCUT2D eigenvalue weighted by Crippen LogP contribution is -2.65. The summed E-state index contributed by atoms with van der Waals surface area (Å²) < 4.78 is 22.7. The van der Waals surface area contributed by atoms with Crippen LogP contribution in [0.4, 0.5) is 0 Å². The minimum absolute atomic E-state index is 0.257. The highest BCUT2D eigenvalue weighted by molar-refractivity contribution is 5.76. The third-order valence-corrected chi connectivity index (χ3v) is 13.3. The summed E-state index contributed by atoms with van der Waals surface area (Å²) in [4.78, 5) is 13.2. The van der Waals surface area contributed by atoms with E-state index in [2.05, 4.69) is 104 Å². The van der Waals surface area contributed by atoms with Gasteiger partial charge in [-0.15, -0.1) is 0 Å². The van der Waals surface area contributed by atoms with Crippen molar-refractivity contribution in [1.29, 1.82) is 0 Å². The van der Waals surface area contributed by atoms with Gasteiger partial charge in [-0.25, -0.2) is 0 Å². The zero-order chi connectivity index (χ0) is 53.9. The molecule has 74 heavy (non-hydrogen) atoms. The molecule has 14 heteroatoms. The molecule has 0 aromatic carbocycles. The fourth-order valence-corrected chi connectivity index (χ4v) is 8.68. The maximum atomic E-state index is 13.2. The first kappa shape index (κ1) is 67.0. The van der Waals surface area contributed by atoms with Crippen molar-refractivity contribution in [1.82, 2.24) is 5.32 Å². The van der Waals surface area contributed by atoms with Crippen LogP contribution in [0.15, 0.2) is 97.2 Å². The summed E-state index contributed by atoms with van der Waals surface area (Å²) in [6.45, 7) is 2.63. The Morgan fingerprint density at radius 1 is 0.500 bits per heavy atom. The van der Waals surface area contributed by atoms with E-state index in [1.807, 2.05) is 6.08 Å². The largest absolute Gasteiger partial charge is 0.394 e. The van der Waals surface area contributed by atoms with Gasteiger partial charge in [0.2, 0.25) is 5.91 Å². The third-order valence-electron chi connectivity index (χ3n) is 13.3. The number of hydrogen-bond acceptors (Lipinski definition) is 13. The van der Waals surface area contributed by atoms with Gasteiger partial charge in [0.1, 0.15) is 48.8 Å². The summed E-state index contributed by atoms with van der Waals surface area (Å²) in [5.41, 5.74) is 0. The van der Waals surface area contributed by atoms with E-state index < -0.39 is 86.8 Å². The molecule has 0 saturated carbocycles. The highest BCUT2D eigenvalue weighted by atomic mass is 16.7. The molecule has 2 heterocycles. The molecular weight excluding hydrogens is 943 g/mol. The first-order chi connectivity index (χ1) is 36.1. The van der Waals surface area contributed by atoms with Gasteiger partial charge in [-0.2, -0.15) is 0 Å². The predicted octanol–water partition coefficient (Wildman–Crippen LogP) is 9.10. The van der Waals surface area contributed by atoms with Crippen molar-refractivity contribution < 1.29 is 64.6 Å². The standard InChI is InChI=1S/C60H101NO13/c1-3-5-7-9-11-13-15-16-17-18-19-20-21-22-23-24-25-26-27-28-29-30-31-32-34-36-38-40-42-44-52(65)61-48(49(64)43-41-39-37-35-33-14-12-10-8-6-4-2)47-71-59-57(70)55(68)58(51(46-63)73-59)74-60-56(69)54(67)53(66)50(45-62)72-60/h5,7,11,13,16-17,19-20,22-23,25-26,28-29,41,43,48-51,53-60,62-64,66-70H,3-4,6,8-10,12,14-15,18,21,24,27,30-40,42,44-47H2,1-2H3,(H,61,65)/b7-5-,13-11-,17-16-,20-19-,23-22-,26-25-,29-28-,43-41+. The molecule has 2 rings (SSSR count). The molecule has 2 fully saturated rings. The fourth-order valence-electron chi connectivity index (χ4n) is 8.68. The number of carbonyl (C=O) groups excluding carboxylic acids is 1. The number of allylic oxidation sites excluding steroid dienone is 15. The van der Waals surface area contributed by atoms with Crippen LogP contribution in [-0.2, 0) is 23.7 Å². The average molecular weight is 1040 g/mol. The summed E-state index contributed by atoms with van der Waals surface area (Å²) in [5, 5.41) is 86.8. The Kier molecular flexibility index (Phi) is 40.7. The minimum Gasteiger partial charge on any atom is -0.394 e. The van der Waals surface area contributed by atoms with Crippen molar-refractivity contribution in [3.63, 3.8) is 0 Å². The second-order valence-electron chi connectivity index (χ2n) is 19.7. The highest BCUT2D eigenvalue weighted by Gasteiger charge is 2.51. The number of amides is 1. The molecule has 0 radical (unpaired) electrons. The number of carbonyl (C=O) groups is 1. The Morgan fingerprint density at radius 2 is 0.932 bits per heavy atom. The Morgan fingerprint density at radius 3 is 1.43 bits per heavy atom. The zero-order valence-corrected chi connectivity index (χ0v) is 45.3. The van der Waals surface area contributed by atoms with Gasteiger partial charge in [-0.1, -0.05) is 195 Å². The Hall–Kier alpha value is -3.09. The quantitative estimate of drug-likeness (QED) is 0.0205. The van der Waals surface area contributed by atoms with Crippen LogP contribution in [0.3, 0.4) is 0 Å². The van der Waals surface area contributed by atoms with E-state index in [-0.39, 0.29) is 18.9 Å². The van der Waals surface area contributed by atoms with Crippen molar-refractivity contribution in [2.45, 2.75) is 254 Å². The van der Waals surface area contributed by atoms with Gasteiger partial charge in [0.15, 0.2) is 12.6 Å². The molecule has 1 amide bonds. The van der Waals surface area contributed by atoms with E-state index >= 15 is 0 Å². The van der Waals surface area contributed by atoms with E-state index in [1.165, 1.54) is 44.9 Å². The van der Waals surface area contributed by atoms with Gasteiger partial charge in [-0.3, -0.25) is 4.79 Å². The lowest BCUT2D eigenvalue weighted by atomic mass is 9.97. The fraction of sp³-hybridized carbons (Fsp3) is 0.717. The van der Waals surface area contributed by atoms with Crippen molar-refractivity contribution in [3.8, 4) is 0 Å². The molecule has 0 bridgehead atoms. The smallest absolute Gasteiger partial charge is 0.220 e. The second-order valence-corrected chi connectivity index (χ2v) is 19.7. The lowest BCUT2D eigenvalue weighted by molar-refractivity contribution is -0.359. The highest BCUT2D eigenvalue weighted by Crippen LogP contribution is 2.30. The number of nitrogens with one attached hydrogen (secondary N) is 1. The molecule has 14 nitrogen and oxygen atoms in total. The van der Waals surface area contributed by atoms with Gasteiger partial charge < -0.3 is 65.1 Å².